The van der Waals surface area contributed by atoms with E-state index in [0.717, 1.165) is 49.8 Å². The second-order valence-corrected chi connectivity index (χ2v) is 6.63. The number of hydrogen-bond donors (Lipinski definition) is 0. The zero-order valence-corrected chi connectivity index (χ0v) is 16.0. The first kappa shape index (κ1) is 19.2. The summed E-state index contributed by atoms with van der Waals surface area (Å²) in [5.74, 6) is 0.938. The molecule has 27 heavy (non-hydrogen) atoms. The minimum Gasteiger partial charge on any atom is -0.497 e. The van der Waals surface area contributed by atoms with Crippen LogP contribution in [0.15, 0.2) is 36.4 Å². The molecule has 6 heteroatoms. The average Bonchev–Trinajstić information content (AvgIpc) is 2.68. The van der Waals surface area contributed by atoms with E-state index >= 15 is 0 Å². The third-order valence-corrected chi connectivity index (χ3v) is 4.94. The fourth-order valence-electron chi connectivity index (χ4n) is 3.52. The molecule has 1 aliphatic heterocycles. The summed E-state index contributed by atoms with van der Waals surface area (Å²) in [6, 6.07) is 10.6. The Morgan fingerprint density at radius 3 is 2.44 bits per heavy atom. The van der Waals surface area contributed by atoms with Crippen molar-refractivity contribution in [2.45, 2.75) is 13.5 Å². The van der Waals surface area contributed by atoms with Crippen LogP contribution in [-0.4, -0.2) is 51.1 Å². The standard InChI is InChI=1S/C21H25FN2O3/c1-15(25)21-18(22)5-4-6-19(21)24-11-9-23(10-12-24)14-16-13-17(26-2)7-8-20(16)27-3/h4-8,13H,9-12,14H2,1-3H3. The Hall–Kier alpha value is -2.60. The Morgan fingerprint density at radius 1 is 1.07 bits per heavy atom. The summed E-state index contributed by atoms with van der Waals surface area (Å²) in [5, 5.41) is 0. The van der Waals surface area contributed by atoms with Gasteiger partial charge in [0.05, 0.1) is 25.5 Å². The molecule has 3 rings (SSSR count). The van der Waals surface area contributed by atoms with Crippen LogP contribution in [0.3, 0.4) is 0 Å². The van der Waals surface area contributed by atoms with E-state index in [-0.39, 0.29) is 11.3 Å². The summed E-state index contributed by atoms with van der Waals surface area (Å²) in [4.78, 5) is 16.3. The molecule has 0 aromatic heterocycles. The largest absolute Gasteiger partial charge is 0.497 e. The lowest BCUT2D eigenvalue weighted by Gasteiger charge is -2.37. The van der Waals surface area contributed by atoms with Crippen molar-refractivity contribution in [3.8, 4) is 11.5 Å². The molecule has 0 atom stereocenters. The molecule has 2 aromatic rings. The number of carbonyl (C=O) groups excluding carboxylic acids is 1. The minimum absolute atomic E-state index is 0.181. The van der Waals surface area contributed by atoms with Crippen molar-refractivity contribution in [3.05, 3.63) is 53.3 Å². The van der Waals surface area contributed by atoms with Gasteiger partial charge in [0.1, 0.15) is 17.3 Å². The molecule has 0 aliphatic carbocycles. The molecular formula is C21H25FN2O3. The highest BCUT2D eigenvalue weighted by Gasteiger charge is 2.23. The lowest BCUT2D eigenvalue weighted by molar-refractivity contribution is 0.101. The van der Waals surface area contributed by atoms with Crippen molar-refractivity contribution in [2.24, 2.45) is 0 Å². The highest BCUT2D eigenvalue weighted by molar-refractivity contribution is 6.00. The van der Waals surface area contributed by atoms with E-state index in [1.54, 1.807) is 20.3 Å². The number of nitrogens with zero attached hydrogens (tertiary/aromatic N) is 2. The van der Waals surface area contributed by atoms with E-state index < -0.39 is 5.82 Å². The average molecular weight is 372 g/mol. The Morgan fingerprint density at radius 2 is 1.81 bits per heavy atom. The van der Waals surface area contributed by atoms with Crippen LogP contribution in [0.1, 0.15) is 22.8 Å². The van der Waals surface area contributed by atoms with Crippen LogP contribution >= 0.6 is 0 Å². The zero-order chi connectivity index (χ0) is 19.4. The van der Waals surface area contributed by atoms with Crippen molar-refractivity contribution in [1.82, 2.24) is 4.90 Å². The predicted molar refractivity (Wildman–Crippen MR) is 103 cm³/mol. The van der Waals surface area contributed by atoms with Crippen LogP contribution in [0.4, 0.5) is 10.1 Å². The van der Waals surface area contributed by atoms with Gasteiger partial charge in [0.25, 0.3) is 0 Å². The van der Waals surface area contributed by atoms with Crippen LogP contribution in [-0.2, 0) is 6.54 Å². The van der Waals surface area contributed by atoms with Gasteiger partial charge in [-0.15, -0.1) is 0 Å². The van der Waals surface area contributed by atoms with Gasteiger partial charge in [-0.2, -0.15) is 0 Å². The number of ether oxygens (including phenoxy) is 2. The van der Waals surface area contributed by atoms with Crippen molar-refractivity contribution in [1.29, 1.82) is 0 Å². The van der Waals surface area contributed by atoms with Gasteiger partial charge in [-0.25, -0.2) is 4.39 Å². The Labute approximate surface area is 159 Å². The minimum atomic E-state index is -0.455. The third-order valence-electron chi connectivity index (χ3n) is 4.94. The molecule has 0 radical (unpaired) electrons. The van der Waals surface area contributed by atoms with Gasteiger partial charge in [-0.05, 0) is 37.3 Å². The van der Waals surface area contributed by atoms with E-state index in [2.05, 4.69) is 9.80 Å². The Kier molecular flexibility index (Phi) is 5.96. The van der Waals surface area contributed by atoms with E-state index in [0.29, 0.717) is 5.69 Å². The first-order valence-electron chi connectivity index (χ1n) is 9.01. The highest BCUT2D eigenvalue weighted by atomic mass is 19.1. The second kappa shape index (κ2) is 8.39. The molecule has 2 aromatic carbocycles. The normalized spacial score (nSPS) is 14.9. The summed E-state index contributed by atoms with van der Waals surface area (Å²) in [6.07, 6.45) is 0. The molecule has 0 unspecified atom stereocenters. The molecule has 5 nitrogen and oxygen atoms in total. The van der Waals surface area contributed by atoms with Gasteiger partial charge in [0.15, 0.2) is 5.78 Å². The number of rotatable bonds is 6. The summed E-state index contributed by atoms with van der Waals surface area (Å²) in [5.41, 5.74) is 1.93. The third kappa shape index (κ3) is 4.22. The van der Waals surface area contributed by atoms with Crippen LogP contribution in [0.25, 0.3) is 0 Å². The number of ketones is 1. The number of piperazine rings is 1. The second-order valence-electron chi connectivity index (χ2n) is 6.63. The predicted octanol–water partition coefficient (Wildman–Crippen LogP) is 3.37. The number of hydrogen-bond acceptors (Lipinski definition) is 5. The number of halogens is 1. The molecule has 0 bridgehead atoms. The van der Waals surface area contributed by atoms with Crippen LogP contribution < -0.4 is 14.4 Å². The molecule has 1 aliphatic rings. The lowest BCUT2D eigenvalue weighted by atomic mass is 10.1. The number of carbonyl (C=O) groups is 1. The maximum atomic E-state index is 14.1. The molecule has 1 heterocycles. The molecule has 0 N–H and O–H groups in total. The fourth-order valence-corrected chi connectivity index (χ4v) is 3.52. The Bertz CT molecular complexity index is 817. The van der Waals surface area contributed by atoms with Crippen molar-refractivity contribution < 1.29 is 18.7 Å². The van der Waals surface area contributed by atoms with Crippen molar-refractivity contribution >= 4 is 11.5 Å². The fraction of sp³-hybridized carbons (Fsp3) is 0.381. The summed E-state index contributed by atoms with van der Waals surface area (Å²) < 4.78 is 24.9. The highest BCUT2D eigenvalue weighted by Crippen LogP contribution is 2.28. The monoisotopic (exact) mass is 372 g/mol. The molecule has 1 fully saturated rings. The maximum absolute atomic E-state index is 14.1. The van der Waals surface area contributed by atoms with Gasteiger partial charge in [0, 0.05) is 38.3 Å². The van der Waals surface area contributed by atoms with Gasteiger partial charge < -0.3 is 14.4 Å². The molecule has 0 spiro atoms. The van der Waals surface area contributed by atoms with Crippen molar-refractivity contribution in [3.63, 3.8) is 0 Å². The maximum Gasteiger partial charge on any atom is 0.164 e. The van der Waals surface area contributed by atoms with Gasteiger partial charge in [-0.3, -0.25) is 9.69 Å². The van der Waals surface area contributed by atoms with Gasteiger partial charge in [-0.1, -0.05) is 6.07 Å². The number of methoxy groups -OCH3 is 2. The first-order chi connectivity index (χ1) is 13.0. The van der Waals surface area contributed by atoms with E-state index in [1.165, 1.54) is 13.0 Å². The lowest BCUT2D eigenvalue weighted by Crippen LogP contribution is -2.46. The molecule has 1 saturated heterocycles. The molecule has 0 amide bonds. The number of anilines is 1. The Balaban J connectivity index is 1.70. The first-order valence-corrected chi connectivity index (χ1v) is 9.01. The topological polar surface area (TPSA) is 42.0 Å². The van der Waals surface area contributed by atoms with Crippen LogP contribution in [0.2, 0.25) is 0 Å². The zero-order valence-electron chi connectivity index (χ0n) is 16.0. The number of benzene rings is 2. The summed E-state index contributed by atoms with van der Waals surface area (Å²) >= 11 is 0. The molecule has 0 saturated carbocycles. The quantitative estimate of drug-likeness (QED) is 0.728. The molecule has 144 valence electrons. The summed E-state index contributed by atoms with van der Waals surface area (Å²) in [6.45, 7) is 5.25. The van der Waals surface area contributed by atoms with E-state index in [9.17, 15) is 9.18 Å². The SMILES string of the molecule is COc1ccc(OC)c(CN2CCN(c3cccc(F)c3C(C)=O)CC2)c1. The summed E-state index contributed by atoms with van der Waals surface area (Å²) in [7, 11) is 3.31. The van der Waals surface area contributed by atoms with E-state index in [4.69, 9.17) is 9.47 Å². The molecular weight excluding hydrogens is 347 g/mol. The number of Topliss-reactive ketones (excluding diaryl/α,β-unsaturated/α-hetero) is 1. The van der Waals surface area contributed by atoms with Crippen LogP contribution in [0.5, 0.6) is 11.5 Å². The van der Waals surface area contributed by atoms with Gasteiger partial charge in [0.2, 0.25) is 0 Å². The van der Waals surface area contributed by atoms with Gasteiger partial charge >= 0.3 is 0 Å². The van der Waals surface area contributed by atoms with Crippen molar-refractivity contribution in [2.75, 3.05) is 45.3 Å². The van der Waals surface area contributed by atoms with E-state index in [1.807, 2.05) is 24.3 Å². The smallest absolute Gasteiger partial charge is 0.164 e. The van der Waals surface area contributed by atoms with Crippen LogP contribution in [0, 0.1) is 5.82 Å².